The fourth-order valence-electron chi connectivity index (χ4n) is 2.14. The average Bonchev–Trinajstić information content (AvgIpc) is 2.46. The predicted molar refractivity (Wildman–Crippen MR) is 80.7 cm³/mol. The molecule has 0 heterocycles. The molecule has 0 aliphatic heterocycles. The minimum Gasteiger partial charge on any atom is -0.262 e. The molecule has 2 rings (SSSR count). The van der Waals surface area contributed by atoms with Crippen LogP contribution in [0.2, 0.25) is 0 Å². The van der Waals surface area contributed by atoms with E-state index < -0.39 is 5.66 Å². The van der Waals surface area contributed by atoms with Gasteiger partial charge in [0.2, 0.25) is 0 Å². The molecule has 1 aliphatic carbocycles. The molecule has 4 nitrogen and oxygen atoms in total. The zero-order chi connectivity index (χ0) is 14.6. The molecule has 1 aliphatic rings. The Morgan fingerprint density at radius 3 is 2.45 bits per heavy atom. The van der Waals surface area contributed by atoms with Gasteiger partial charge in [0, 0.05) is 11.0 Å². The molecular formula is C16H18N2O2. The molecule has 1 aromatic rings. The van der Waals surface area contributed by atoms with Crippen molar-refractivity contribution in [1.29, 1.82) is 0 Å². The topological polar surface area (TPSA) is 46.4 Å². The zero-order valence-corrected chi connectivity index (χ0v) is 11.7. The summed E-state index contributed by atoms with van der Waals surface area (Å²) >= 11 is 0. The smallest absolute Gasteiger partial charge is 0.262 e. The van der Waals surface area contributed by atoms with Crippen LogP contribution < -0.4 is 0 Å². The molecule has 4 heteroatoms. The van der Waals surface area contributed by atoms with Crippen molar-refractivity contribution in [2.24, 2.45) is 0 Å². The summed E-state index contributed by atoms with van der Waals surface area (Å²) in [5, 5.41) is 11.3. The first-order valence-electron chi connectivity index (χ1n) is 6.49. The Hall–Kier alpha value is -2.20. The molecule has 0 N–H and O–H groups in total. The molecule has 1 unspecified atom stereocenters. The minimum absolute atomic E-state index is 0.238. The van der Waals surface area contributed by atoms with E-state index in [1.807, 2.05) is 54.6 Å². The summed E-state index contributed by atoms with van der Waals surface area (Å²) in [6.45, 7) is 0. The summed E-state index contributed by atoms with van der Waals surface area (Å²) in [5.41, 5.74) is 0.984. The second-order valence-corrected chi connectivity index (χ2v) is 5.02. The third kappa shape index (κ3) is 2.86. The second-order valence-electron chi connectivity index (χ2n) is 5.02. The highest BCUT2D eigenvalue weighted by atomic mass is 16.6. The number of nitrogens with zero attached hydrogens (tertiary/aromatic N) is 2. The van der Waals surface area contributed by atoms with Crippen LogP contribution in [-0.2, 0) is 0 Å². The van der Waals surface area contributed by atoms with Crippen LogP contribution in [0.1, 0.15) is 12.0 Å². The van der Waals surface area contributed by atoms with Gasteiger partial charge in [-0.3, -0.25) is 10.1 Å². The van der Waals surface area contributed by atoms with Crippen LogP contribution in [0.3, 0.4) is 0 Å². The minimum atomic E-state index is -1.12. The van der Waals surface area contributed by atoms with Crippen molar-refractivity contribution in [2.75, 3.05) is 14.1 Å². The summed E-state index contributed by atoms with van der Waals surface area (Å²) in [6, 6.07) is 9.97. The zero-order valence-electron chi connectivity index (χ0n) is 11.7. The Morgan fingerprint density at radius 1 is 1.25 bits per heavy atom. The van der Waals surface area contributed by atoms with Gasteiger partial charge in [0.05, 0.1) is 6.42 Å². The van der Waals surface area contributed by atoms with Gasteiger partial charge in [-0.05, 0) is 25.2 Å². The van der Waals surface area contributed by atoms with Gasteiger partial charge in [-0.15, -0.1) is 0 Å². The van der Waals surface area contributed by atoms with Crippen LogP contribution in [0.25, 0.3) is 6.08 Å². The van der Waals surface area contributed by atoms with E-state index in [0.29, 0.717) is 6.42 Å². The van der Waals surface area contributed by atoms with Crippen LogP contribution in [0.15, 0.2) is 60.2 Å². The summed E-state index contributed by atoms with van der Waals surface area (Å²) in [4.78, 5) is 12.7. The molecule has 1 atom stereocenters. The molecule has 20 heavy (non-hydrogen) atoms. The molecule has 1 aromatic carbocycles. The fraction of sp³-hybridized carbons (Fsp3) is 0.250. The average molecular weight is 270 g/mol. The Kier molecular flexibility index (Phi) is 4.15. The Bertz CT molecular complexity index is 573. The van der Waals surface area contributed by atoms with E-state index in [1.165, 1.54) is 0 Å². The molecule has 0 saturated carbocycles. The highest BCUT2D eigenvalue weighted by molar-refractivity contribution is 5.55. The summed E-state index contributed by atoms with van der Waals surface area (Å²) in [7, 11) is 3.46. The Balaban J connectivity index is 2.13. The number of benzene rings is 1. The molecule has 0 fully saturated rings. The first-order chi connectivity index (χ1) is 9.54. The van der Waals surface area contributed by atoms with Gasteiger partial charge in [-0.2, -0.15) is 0 Å². The molecule has 0 amide bonds. The van der Waals surface area contributed by atoms with Gasteiger partial charge in [-0.25, -0.2) is 4.90 Å². The maximum Gasteiger partial charge on any atom is 0.299 e. The molecule has 0 bridgehead atoms. The molecule has 104 valence electrons. The van der Waals surface area contributed by atoms with Crippen molar-refractivity contribution in [1.82, 2.24) is 4.90 Å². The Labute approximate surface area is 118 Å². The van der Waals surface area contributed by atoms with Crippen LogP contribution in [0, 0.1) is 10.1 Å². The lowest BCUT2D eigenvalue weighted by Gasteiger charge is -2.29. The summed E-state index contributed by atoms with van der Waals surface area (Å²) in [5.74, 6) is 0. The number of likely N-dealkylation sites (N-methyl/N-ethyl adjacent to an activating group) is 1. The van der Waals surface area contributed by atoms with Gasteiger partial charge in [0.1, 0.15) is 0 Å². The van der Waals surface area contributed by atoms with Crippen molar-refractivity contribution in [3.63, 3.8) is 0 Å². The lowest BCUT2D eigenvalue weighted by atomic mass is 9.95. The van der Waals surface area contributed by atoms with Gasteiger partial charge >= 0.3 is 0 Å². The van der Waals surface area contributed by atoms with Crippen molar-refractivity contribution in [3.8, 4) is 0 Å². The third-order valence-electron chi connectivity index (χ3n) is 3.54. The van der Waals surface area contributed by atoms with Gasteiger partial charge < -0.3 is 0 Å². The first kappa shape index (κ1) is 14.2. The number of nitro groups is 1. The van der Waals surface area contributed by atoms with Crippen molar-refractivity contribution in [3.05, 3.63) is 75.9 Å². The molecule has 0 aromatic heterocycles. The lowest BCUT2D eigenvalue weighted by molar-refractivity contribution is -0.582. The van der Waals surface area contributed by atoms with E-state index in [1.54, 1.807) is 25.1 Å². The van der Waals surface area contributed by atoms with Crippen molar-refractivity contribution >= 4 is 6.08 Å². The van der Waals surface area contributed by atoms with Crippen LogP contribution in [0.5, 0.6) is 0 Å². The van der Waals surface area contributed by atoms with E-state index >= 15 is 0 Å². The summed E-state index contributed by atoms with van der Waals surface area (Å²) < 4.78 is 0. The summed E-state index contributed by atoms with van der Waals surface area (Å²) in [6.07, 6.45) is 9.74. The van der Waals surface area contributed by atoms with Gasteiger partial charge in [-0.1, -0.05) is 54.6 Å². The van der Waals surface area contributed by atoms with Crippen LogP contribution in [0.4, 0.5) is 0 Å². The number of rotatable bonds is 4. The van der Waals surface area contributed by atoms with Crippen molar-refractivity contribution < 1.29 is 4.92 Å². The molecular weight excluding hydrogens is 252 g/mol. The van der Waals surface area contributed by atoms with Crippen LogP contribution in [-0.4, -0.2) is 29.6 Å². The van der Waals surface area contributed by atoms with E-state index in [4.69, 9.17) is 0 Å². The van der Waals surface area contributed by atoms with E-state index in [2.05, 4.69) is 0 Å². The van der Waals surface area contributed by atoms with E-state index in [0.717, 1.165) is 11.1 Å². The van der Waals surface area contributed by atoms with Gasteiger partial charge in [0.15, 0.2) is 0 Å². The number of allylic oxidation sites excluding steroid dienone is 3. The predicted octanol–water partition coefficient (Wildman–Crippen LogP) is 3.12. The SMILES string of the molecule is CN(C)C1([N+](=O)[O-])C=CC(C=Cc2ccccc2)=CC1. The first-order valence-corrected chi connectivity index (χ1v) is 6.49. The molecule has 0 spiro atoms. The third-order valence-corrected chi connectivity index (χ3v) is 3.54. The normalized spacial score (nSPS) is 22.2. The van der Waals surface area contributed by atoms with Crippen molar-refractivity contribution in [2.45, 2.75) is 12.1 Å². The van der Waals surface area contributed by atoms with Crippen LogP contribution >= 0.6 is 0 Å². The second kappa shape index (κ2) is 5.84. The van der Waals surface area contributed by atoms with Gasteiger partial charge in [0.25, 0.3) is 5.66 Å². The maximum atomic E-state index is 11.3. The monoisotopic (exact) mass is 270 g/mol. The molecule has 0 radical (unpaired) electrons. The highest BCUT2D eigenvalue weighted by Gasteiger charge is 2.42. The Morgan fingerprint density at radius 2 is 1.95 bits per heavy atom. The fourth-order valence-corrected chi connectivity index (χ4v) is 2.14. The standard InChI is InChI=1S/C16H18N2O2/c1-17(2)16(18(19)20)12-10-15(11-13-16)9-8-14-6-4-3-5-7-14/h3-12H,13H2,1-2H3. The lowest BCUT2D eigenvalue weighted by Crippen LogP contribution is -2.49. The highest BCUT2D eigenvalue weighted by Crippen LogP contribution is 2.27. The number of hydrogen-bond donors (Lipinski definition) is 0. The quantitative estimate of drug-likeness (QED) is 0.480. The molecule has 0 saturated heterocycles. The van der Waals surface area contributed by atoms with E-state index in [9.17, 15) is 10.1 Å². The van der Waals surface area contributed by atoms with E-state index in [-0.39, 0.29) is 4.92 Å². The largest absolute Gasteiger partial charge is 0.299 e. The maximum absolute atomic E-state index is 11.3. The number of hydrogen-bond acceptors (Lipinski definition) is 3.